The topological polar surface area (TPSA) is 85.3 Å². The third-order valence-corrected chi connectivity index (χ3v) is 4.07. The fourth-order valence-corrected chi connectivity index (χ4v) is 2.69. The van der Waals surface area contributed by atoms with Crippen LogP contribution in [0, 0.1) is 11.3 Å². The zero-order chi connectivity index (χ0) is 15.1. The number of hydrogen-bond donors (Lipinski definition) is 1. The number of halogens is 2. The van der Waals surface area contributed by atoms with Gasteiger partial charge in [0.15, 0.2) is 5.76 Å². The number of nitrogens with zero attached hydrogens (tertiary/aromatic N) is 1. The highest BCUT2D eigenvalue weighted by Gasteiger charge is 2.41. The number of allylic oxidation sites excluding steroid dienone is 1. The second-order valence-electron chi connectivity index (χ2n) is 4.51. The van der Waals surface area contributed by atoms with Crippen molar-refractivity contribution in [2.75, 3.05) is 6.61 Å². The van der Waals surface area contributed by atoms with Gasteiger partial charge in [-0.05, 0) is 17.7 Å². The summed E-state index contributed by atoms with van der Waals surface area (Å²) in [4.78, 5) is 11.9. The van der Waals surface area contributed by atoms with Gasteiger partial charge in [0.25, 0.3) is 0 Å². The Balaban J connectivity index is 2.19. The van der Waals surface area contributed by atoms with E-state index >= 15 is 0 Å². The van der Waals surface area contributed by atoms with Gasteiger partial charge < -0.3 is 15.2 Å². The molecular weight excluding hydrogens is 315 g/mol. The van der Waals surface area contributed by atoms with Gasteiger partial charge in [-0.1, -0.05) is 29.3 Å². The first-order chi connectivity index (χ1) is 10.0. The average Bonchev–Trinajstić information content (AvgIpc) is 2.81. The number of ether oxygens (including phenoxy) is 2. The largest absolute Gasteiger partial charge is 0.454 e. The quantitative estimate of drug-likeness (QED) is 0.803. The standard InChI is InChI=1S/C14H8Cl2N2O3/c15-8-2-1-6(3-9(8)16)11-7(4-17)13(18)21-10-5-20-14(19)12(10)11/h1-3,11H,5,18H2. The molecule has 0 aromatic heterocycles. The van der Waals surface area contributed by atoms with E-state index in [1.165, 1.54) is 0 Å². The minimum atomic E-state index is -0.663. The molecule has 21 heavy (non-hydrogen) atoms. The molecule has 2 aliphatic rings. The number of rotatable bonds is 1. The maximum Gasteiger partial charge on any atom is 0.339 e. The average molecular weight is 323 g/mol. The van der Waals surface area contributed by atoms with Crippen LogP contribution in [0.25, 0.3) is 0 Å². The lowest BCUT2D eigenvalue weighted by Crippen LogP contribution is -2.21. The van der Waals surface area contributed by atoms with Crippen LogP contribution < -0.4 is 5.73 Å². The van der Waals surface area contributed by atoms with Gasteiger partial charge in [-0.3, -0.25) is 0 Å². The normalized spacial score (nSPS) is 20.8. The van der Waals surface area contributed by atoms with E-state index in [-0.39, 0.29) is 23.6 Å². The number of carbonyl (C=O) groups is 1. The highest BCUT2D eigenvalue weighted by atomic mass is 35.5. The van der Waals surface area contributed by atoms with Crippen LogP contribution in [-0.4, -0.2) is 12.6 Å². The molecule has 2 heterocycles. The molecule has 0 saturated heterocycles. The van der Waals surface area contributed by atoms with Crippen molar-refractivity contribution in [3.8, 4) is 6.07 Å². The Morgan fingerprint density at radius 2 is 2.10 bits per heavy atom. The minimum absolute atomic E-state index is 0.00535. The summed E-state index contributed by atoms with van der Waals surface area (Å²) in [5, 5.41) is 10.0. The number of esters is 1. The number of nitrogens with two attached hydrogens (primary N) is 1. The summed E-state index contributed by atoms with van der Waals surface area (Å²) < 4.78 is 10.3. The second kappa shape index (κ2) is 4.99. The van der Waals surface area contributed by atoms with Gasteiger partial charge in [0, 0.05) is 0 Å². The summed E-state index contributed by atoms with van der Waals surface area (Å²) >= 11 is 11.9. The van der Waals surface area contributed by atoms with Crippen molar-refractivity contribution in [2.24, 2.45) is 5.73 Å². The lowest BCUT2D eigenvalue weighted by Gasteiger charge is -2.23. The van der Waals surface area contributed by atoms with E-state index in [0.29, 0.717) is 21.4 Å². The van der Waals surface area contributed by atoms with Crippen LogP contribution in [0.2, 0.25) is 10.0 Å². The van der Waals surface area contributed by atoms with E-state index in [1.807, 2.05) is 6.07 Å². The van der Waals surface area contributed by atoms with Crippen LogP contribution in [0.3, 0.4) is 0 Å². The van der Waals surface area contributed by atoms with Crippen molar-refractivity contribution < 1.29 is 14.3 Å². The molecule has 0 saturated carbocycles. The van der Waals surface area contributed by atoms with Crippen LogP contribution in [0.1, 0.15) is 11.5 Å². The Bertz CT molecular complexity index is 762. The van der Waals surface area contributed by atoms with Gasteiger partial charge in [0.2, 0.25) is 5.88 Å². The van der Waals surface area contributed by atoms with E-state index in [1.54, 1.807) is 18.2 Å². The SMILES string of the molecule is N#CC1=C(N)OC2=C(C(=O)OC2)C1c1ccc(Cl)c(Cl)c1. The third kappa shape index (κ3) is 2.13. The maximum absolute atomic E-state index is 11.9. The fraction of sp³-hybridized carbons (Fsp3) is 0.143. The molecule has 2 N–H and O–H groups in total. The van der Waals surface area contributed by atoms with Gasteiger partial charge in [-0.15, -0.1) is 0 Å². The molecule has 2 aliphatic heterocycles. The molecule has 1 aromatic carbocycles. The van der Waals surface area contributed by atoms with Crippen LogP contribution in [-0.2, 0) is 14.3 Å². The van der Waals surface area contributed by atoms with Crippen molar-refractivity contribution in [2.45, 2.75) is 5.92 Å². The van der Waals surface area contributed by atoms with Crippen molar-refractivity contribution in [3.63, 3.8) is 0 Å². The molecule has 0 amide bonds. The van der Waals surface area contributed by atoms with Gasteiger partial charge >= 0.3 is 5.97 Å². The van der Waals surface area contributed by atoms with Crippen LogP contribution in [0.5, 0.6) is 0 Å². The highest BCUT2D eigenvalue weighted by Crippen LogP contribution is 2.43. The molecule has 0 aliphatic carbocycles. The molecule has 1 unspecified atom stereocenters. The monoisotopic (exact) mass is 322 g/mol. The minimum Gasteiger partial charge on any atom is -0.454 e. The Labute approximate surface area is 130 Å². The lowest BCUT2D eigenvalue weighted by molar-refractivity contribution is -0.136. The molecule has 106 valence electrons. The van der Waals surface area contributed by atoms with Gasteiger partial charge in [-0.25, -0.2) is 4.79 Å². The summed E-state index contributed by atoms with van der Waals surface area (Å²) in [5.74, 6) is -0.900. The molecule has 0 bridgehead atoms. The Morgan fingerprint density at radius 3 is 2.76 bits per heavy atom. The number of carbonyl (C=O) groups excluding carboxylic acids is 1. The summed E-state index contributed by atoms with van der Waals surface area (Å²) in [7, 11) is 0. The van der Waals surface area contributed by atoms with E-state index in [4.69, 9.17) is 38.4 Å². The molecule has 1 atom stereocenters. The highest BCUT2D eigenvalue weighted by molar-refractivity contribution is 6.42. The molecular formula is C14H8Cl2N2O3. The van der Waals surface area contributed by atoms with Crippen LogP contribution >= 0.6 is 23.2 Å². The molecule has 0 radical (unpaired) electrons. The van der Waals surface area contributed by atoms with E-state index in [9.17, 15) is 10.1 Å². The molecule has 0 spiro atoms. The lowest BCUT2D eigenvalue weighted by atomic mass is 9.83. The zero-order valence-corrected chi connectivity index (χ0v) is 12.0. The van der Waals surface area contributed by atoms with Gasteiger partial charge in [0.1, 0.15) is 18.2 Å². The smallest absolute Gasteiger partial charge is 0.339 e. The van der Waals surface area contributed by atoms with Crippen molar-refractivity contribution in [1.29, 1.82) is 5.26 Å². The number of hydrogen-bond acceptors (Lipinski definition) is 5. The predicted molar refractivity (Wildman–Crippen MR) is 75.1 cm³/mol. The predicted octanol–water partition coefficient (Wildman–Crippen LogP) is 2.61. The summed E-state index contributed by atoms with van der Waals surface area (Å²) in [5.41, 5.74) is 6.81. The first kappa shape index (κ1) is 13.8. The molecule has 3 rings (SSSR count). The van der Waals surface area contributed by atoms with Crippen molar-refractivity contribution in [1.82, 2.24) is 0 Å². The maximum atomic E-state index is 11.9. The van der Waals surface area contributed by atoms with E-state index in [0.717, 1.165) is 0 Å². The van der Waals surface area contributed by atoms with Gasteiger partial charge in [0.05, 0.1) is 21.5 Å². The number of benzene rings is 1. The number of cyclic esters (lactones) is 1. The Morgan fingerprint density at radius 1 is 1.33 bits per heavy atom. The molecule has 1 aromatic rings. The summed E-state index contributed by atoms with van der Waals surface area (Å²) in [6.45, 7) is 0.00535. The first-order valence-corrected chi connectivity index (χ1v) is 6.71. The summed E-state index contributed by atoms with van der Waals surface area (Å²) in [6.07, 6.45) is 0. The zero-order valence-electron chi connectivity index (χ0n) is 10.5. The van der Waals surface area contributed by atoms with Crippen molar-refractivity contribution >= 4 is 29.2 Å². The fourth-order valence-electron chi connectivity index (χ4n) is 2.38. The van der Waals surface area contributed by atoms with Crippen LogP contribution in [0.4, 0.5) is 0 Å². The molecule has 0 fully saturated rings. The number of nitriles is 1. The Kier molecular flexibility index (Phi) is 3.28. The Hall–Kier alpha value is -2.16. The van der Waals surface area contributed by atoms with E-state index in [2.05, 4.69) is 0 Å². The third-order valence-electron chi connectivity index (χ3n) is 3.33. The van der Waals surface area contributed by atoms with E-state index < -0.39 is 11.9 Å². The first-order valence-electron chi connectivity index (χ1n) is 5.95. The van der Waals surface area contributed by atoms with Gasteiger partial charge in [-0.2, -0.15) is 5.26 Å². The van der Waals surface area contributed by atoms with Crippen LogP contribution in [0.15, 0.2) is 41.0 Å². The molecule has 7 heteroatoms. The molecule has 5 nitrogen and oxygen atoms in total. The second-order valence-corrected chi connectivity index (χ2v) is 5.33. The summed E-state index contributed by atoms with van der Waals surface area (Å²) in [6, 6.07) is 6.86. The van der Waals surface area contributed by atoms with Crippen molar-refractivity contribution in [3.05, 3.63) is 56.6 Å².